The highest BCUT2D eigenvalue weighted by Crippen LogP contribution is 2.21. The van der Waals surface area contributed by atoms with Crippen LogP contribution < -0.4 is 0 Å². The summed E-state index contributed by atoms with van der Waals surface area (Å²) in [5.74, 6) is -0.0866. The lowest BCUT2D eigenvalue weighted by Gasteiger charge is -2.28. The zero-order chi connectivity index (χ0) is 25.8. The number of aryl methyl sites for hydroxylation is 1. The lowest BCUT2D eigenvalue weighted by Crippen LogP contribution is -2.46. The number of sulfonamides is 1. The molecule has 0 N–H and O–H groups in total. The third kappa shape index (κ3) is 9.61. The van der Waals surface area contributed by atoms with E-state index in [1.54, 1.807) is 16.2 Å². The predicted octanol–water partition coefficient (Wildman–Crippen LogP) is 5.76. The van der Waals surface area contributed by atoms with Crippen molar-refractivity contribution < 1.29 is 17.9 Å². The van der Waals surface area contributed by atoms with E-state index in [2.05, 4.69) is 19.9 Å². The first-order chi connectivity index (χ1) is 17.4. The molecule has 2 heterocycles. The van der Waals surface area contributed by atoms with Gasteiger partial charge in [0, 0.05) is 29.5 Å². The molecule has 200 valence electrons. The minimum Gasteiger partial charge on any atom is -0.377 e. The summed E-state index contributed by atoms with van der Waals surface area (Å²) in [6.45, 7) is 5.90. The van der Waals surface area contributed by atoms with Crippen LogP contribution in [0.5, 0.6) is 0 Å². The van der Waals surface area contributed by atoms with E-state index >= 15 is 0 Å². The van der Waals surface area contributed by atoms with Gasteiger partial charge < -0.3 is 9.64 Å². The van der Waals surface area contributed by atoms with E-state index in [-0.39, 0.29) is 30.9 Å². The molecule has 1 unspecified atom stereocenters. The van der Waals surface area contributed by atoms with Gasteiger partial charge in [0.25, 0.3) is 0 Å². The first kappa shape index (κ1) is 28.8. The van der Waals surface area contributed by atoms with Crippen LogP contribution in [0.15, 0.2) is 42.5 Å². The number of carbonyl (C=O) groups excluding carboxylic acids is 1. The molecule has 36 heavy (non-hydrogen) atoms. The highest BCUT2D eigenvalue weighted by Gasteiger charge is 2.30. The van der Waals surface area contributed by atoms with E-state index in [0.29, 0.717) is 26.1 Å². The van der Waals surface area contributed by atoms with Gasteiger partial charge in [-0.2, -0.15) is 4.31 Å². The van der Waals surface area contributed by atoms with Crippen molar-refractivity contribution in [2.45, 2.75) is 84.4 Å². The topological polar surface area (TPSA) is 66.9 Å². The predicted molar refractivity (Wildman–Crippen MR) is 147 cm³/mol. The van der Waals surface area contributed by atoms with E-state index in [0.717, 1.165) is 42.5 Å². The molecule has 1 aliphatic heterocycles. The maximum atomic E-state index is 13.6. The van der Waals surface area contributed by atoms with Crippen LogP contribution in [-0.2, 0) is 32.6 Å². The summed E-state index contributed by atoms with van der Waals surface area (Å²) in [6, 6.07) is 14.0. The van der Waals surface area contributed by atoms with Crippen molar-refractivity contribution in [3.8, 4) is 0 Å². The minimum atomic E-state index is -3.56. The zero-order valence-electron chi connectivity index (χ0n) is 21.9. The molecule has 8 heteroatoms. The molecule has 1 aromatic heterocycles. The van der Waals surface area contributed by atoms with Gasteiger partial charge in [0.2, 0.25) is 15.9 Å². The lowest BCUT2D eigenvalue weighted by molar-refractivity contribution is -0.132. The van der Waals surface area contributed by atoms with Crippen LogP contribution in [0.2, 0.25) is 0 Å². The van der Waals surface area contributed by atoms with Crippen LogP contribution in [0.1, 0.15) is 73.6 Å². The SMILES string of the molecule is CCCCCCCCS(=O)(=O)N(CC(=O)N(Cc1ccccc1)Cc1ccc(C)s1)CC1CCCO1. The van der Waals surface area contributed by atoms with E-state index in [1.165, 1.54) is 22.0 Å². The van der Waals surface area contributed by atoms with Crippen molar-refractivity contribution in [1.82, 2.24) is 9.21 Å². The number of hydrogen-bond donors (Lipinski definition) is 0. The normalized spacial score (nSPS) is 16.0. The fourth-order valence-electron chi connectivity index (χ4n) is 4.53. The fraction of sp³-hybridized carbons (Fsp3) is 0.607. The van der Waals surface area contributed by atoms with Crippen LogP contribution in [0.4, 0.5) is 0 Å². The molecular weight excluding hydrogens is 492 g/mol. The monoisotopic (exact) mass is 534 g/mol. The Morgan fingerprint density at radius 3 is 2.44 bits per heavy atom. The molecule has 1 atom stereocenters. The van der Waals surface area contributed by atoms with Crippen LogP contribution in [0.25, 0.3) is 0 Å². The van der Waals surface area contributed by atoms with E-state index in [9.17, 15) is 13.2 Å². The Morgan fingerprint density at radius 2 is 1.78 bits per heavy atom. The van der Waals surface area contributed by atoms with Gasteiger partial charge in [-0.3, -0.25) is 4.79 Å². The Kier molecular flexibility index (Phi) is 11.9. The second-order valence-electron chi connectivity index (χ2n) is 9.76. The summed E-state index contributed by atoms with van der Waals surface area (Å²) in [7, 11) is -3.56. The van der Waals surface area contributed by atoms with Gasteiger partial charge in [-0.25, -0.2) is 8.42 Å². The van der Waals surface area contributed by atoms with Gasteiger partial charge in [-0.15, -0.1) is 11.3 Å². The molecular formula is C28H42N2O4S2. The van der Waals surface area contributed by atoms with Crippen molar-refractivity contribution >= 4 is 27.3 Å². The van der Waals surface area contributed by atoms with Gasteiger partial charge in [0.1, 0.15) is 0 Å². The molecule has 1 aromatic carbocycles. The number of unbranched alkanes of at least 4 members (excludes halogenated alkanes) is 5. The molecule has 1 fully saturated rings. The van der Waals surface area contributed by atoms with Gasteiger partial charge in [0.15, 0.2) is 0 Å². The van der Waals surface area contributed by atoms with Crippen molar-refractivity contribution in [3.05, 3.63) is 57.8 Å². The number of rotatable bonds is 16. The molecule has 0 aliphatic carbocycles. The molecule has 0 saturated carbocycles. The molecule has 2 aromatic rings. The average molecular weight is 535 g/mol. The van der Waals surface area contributed by atoms with Crippen LogP contribution >= 0.6 is 11.3 Å². The number of benzene rings is 1. The minimum absolute atomic E-state index is 0.0852. The Balaban J connectivity index is 1.71. The first-order valence-corrected chi connectivity index (χ1v) is 15.8. The highest BCUT2D eigenvalue weighted by atomic mass is 32.2. The Labute approximate surface area is 221 Å². The Hall–Kier alpha value is -1.74. The van der Waals surface area contributed by atoms with Crippen LogP contribution in [0.3, 0.4) is 0 Å². The van der Waals surface area contributed by atoms with Crippen molar-refractivity contribution in [1.29, 1.82) is 0 Å². The summed E-state index contributed by atoms with van der Waals surface area (Å²) in [4.78, 5) is 17.7. The maximum absolute atomic E-state index is 13.6. The molecule has 0 radical (unpaired) electrons. The standard InChI is InChI=1S/C28H42N2O4S2/c1-3-4-5-6-7-11-19-36(32,33)30(21-26-15-12-18-34-26)23-28(31)29(20-25-13-9-8-10-14-25)22-27-17-16-24(2)35-27/h8-10,13-14,16-17,26H,3-7,11-12,15,18-23H2,1-2H3. The number of thiophene rings is 1. The number of hydrogen-bond acceptors (Lipinski definition) is 5. The van der Waals surface area contributed by atoms with E-state index in [1.807, 2.05) is 36.4 Å². The van der Waals surface area contributed by atoms with Gasteiger partial charge in [-0.1, -0.05) is 69.4 Å². The smallest absolute Gasteiger partial charge is 0.238 e. The second kappa shape index (κ2) is 14.9. The quantitative estimate of drug-likeness (QED) is 0.257. The fourth-order valence-corrected chi connectivity index (χ4v) is 6.96. The van der Waals surface area contributed by atoms with Gasteiger partial charge in [0.05, 0.1) is 24.9 Å². The Bertz CT molecular complexity index is 1020. The van der Waals surface area contributed by atoms with Crippen molar-refractivity contribution in [2.24, 2.45) is 0 Å². The second-order valence-corrected chi connectivity index (χ2v) is 13.2. The van der Waals surface area contributed by atoms with Gasteiger partial charge >= 0.3 is 0 Å². The summed E-state index contributed by atoms with van der Waals surface area (Å²) >= 11 is 1.67. The Morgan fingerprint density at radius 1 is 1.03 bits per heavy atom. The van der Waals surface area contributed by atoms with Crippen LogP contribution in [-0.4, -0.2) is 55.1 Å². The molecule has 1 saturated heterocycles. The average Bonchev–Trinajstić information content (AvgIpc) is 3.52. The maximum Gasteiger partial charge on any atom is 0.238 e. The molecule has 0 spiro atoms. The lowest BCUT2D eigenvalue weighted by atomic mass is 10.1. The summed E-state index contributed by atoms with van der Waals surface area (Å²) in [6.07, 6.45) is 7.71. The molecule has 1 aliphatic rings. The van der Waals surface area contributed by atoms with Crippen LogP contribution in [0, 0.1) is 6.92 Å². The highest BCUT2D eigenvalue weighted by molar-refractivity contribution is 7.89. The van der Waals surface area contributed by atoms with E-state index < -0.39 is 10.0 Å². The summed E-state index contributed by atoms with van der Waals surface area (Å²) in [5, 5.41) is 0. The van der Waals surface area contributed by atoms with E-state index in [4.69, 9.17) is 4.74 Å². The number of carbonyl (C=O) groups is 1. The third-order valence-corrected chi connectivity index (χ3v) is 9.46. The third-order valence-electron chi connectivity index (χ3n) is 6.60. The summed E-state index contributed by atoms with van der Waals surface area (Å²) in [5.41, 5.74) is 1.03. The van der Waals surface area contributed by atoms with Crippen molar-refractivity contribution in [3.63, 3.8) is 0 Å². The van der Waals surface area contributed by atoms with Crippen molar-refractivity contribution in [2.75, 3.05) is 25.4 Å². The zero-order valence-corrected chi connectivity index (χ0v) is 23.5. The largest absolute Gasteiger partial charge is 0.377 e. The molecule has 0 bridgehead atoms. The number of ether oxygens (including phenoxy) is 1. The number of nitrogens with zero attached hydrogens (tertiary/aromatic N) is 2. The molecule has 6 nitrogen and oxygen atoms in total. The van der Waals surface area contributed by atoms with Gasteiger partial charge in [-0.05, 0) is 43.9 Å². The summed E-state index contributed by atoms with van der Waals surface area (Å²) < 4.78 is 33.9. The number of amides is 1. The molecule has 1 amide bonds. The first-order valence-electron chi connectivity index (χ1n) is 13.3. The molecule has 3 rings (SSSR count).